The molecule has 31 heavy (non-hydrogen) atoms. The number of nitrogens with one attached hydrogen (secondary N) is 1. The van der Waals surface area contributed by atoms with Crippen molar-refractivity contribution in [1.82, 2.24) is 4.98 Å². The molecule has 0 spiro atoms. The van der Waals surface area contributed by atoms with Crippen LogP contribution in [-0.2, 0) is 0 Å². The number of nitrogens with zero attached hydrogens (tertiary/aromatic N) is 1. The van der Waals surface area contributed by atoms with Gasteiger partial charge in [-0.25, -0.2) is 4.98 Å². The Balaban J connectivity index is 1.61. The lowest BCUT2D eigenvalue weighted by atomic mass is 10.1. The van der Waals surface area contributed by atoms with Crippen LogP contribution in [0, 0.1) is 0 Å². The molecule has 0 aliphatic rings. The van der Waals surface area contributed by atoms with Gasteiger partial charge in [-0.05, 0) is 55.0 Å². The smallest absolute Gasteiger partial charge is 0.255 e. The largest absolute Gasteiger partial charge is 0.494 e. The molecule has 1 N–H and O–H groups in total. The second kappa shape index (κ2) is 9.69. The molecule has 0 saturated carbocycles. The number of ether oxygens (including phenoxy) is 1. The van der Waals surface area contributed by atoms with Crippen LogP contribution in [0.15, 0.2) is 60.7 Å². The van der Waals surface area contributed by atoms with Gasteiger partial charge in [-0.1, -0.05) is 48.7 Å². The van der Waals surface area contributed by atoms with Crippen molar-refractivity contribution >= 4 is 56.3 Å². The fourth-order valence-corrected chi connectivity index (χ4v) is 4.61. The second-order valence-electron chi connectivity index (χ2n) is 6.98. The molecule has 0 aliphatic heterocycles. The number of anilines is 1. The van der Waals surface area contributed by atoms with Gasteiger partial charge in [0.1, 0.15) is 10.8 Å². The lowest BCUT2D eigenvalue weighted by Gasteiger charge is -2.13. The highest BCUT2D eigenvalue weighted by molar-refractivity contribution is 7.21. The number of carbonyl (C=O) groups is 1. The summed E-state index contributed by atoms with van der Waals surface area (Å²) in [4.78, 5) is 17.6. The minimum atomic E-state index is -0.272. The predicted molar refractivity (Wildman–Crippen MR) is 130 cm³/mol. The molecule has 0 aliphatic carbocycles. The second-order valence-corrected chi connectivity index (χ2v) is 8.85. The van der Waals surface area contributed by atoms with Gasteiger partial charge in [0.25, 0.3) is 5.91 Å². The Hall–Kier alpha value is -2.60. The topological polar surface area (TPSA) is 51.2 Å². The Morgan fingerprint density at radius 2 is 1.87 bits per heavy atom. The number of para-hydroxylation sites is 1. The molecule has 1 aromatic heterocycles. The van der Waals surface area contributed by atoms with Crippen LogP contribution < -0.4 is 10.1 Å². The number of carbonyl (C=O) groups excluding carboxylic acids is 1. The van der Waals surface area contributed by atoms with Crippen LogP contribution in [0.1, 0.15) is 30.1 Å². The Bertz CT molecular complexity index is 1190. The van der Waals surface area contributed by atoms with Gasteiger partial charge in [0.05, 0.1) is 27.5 Å². The van der Waals surface area contributed by atoms with Crippen molar-refractivity contribution in [2.75, 3.05) is 11.9 Å². The maximum Gasteiger partial charge on any atom is 0.255 e. The van der Waals surface area contributed by atoms with Gasteiger partial charge in [0, 0.05) is 16.1 Å². The van der Waals surface area contributed by atoms with Crippen LogP contribution in [0.25, 0.3) is 20.8 Å². The summed E-state index contributed by atoms with van der Waals surface area (Å²) in [6.45, 7) is 2.77. The van der Waals surface area contributed by atoms with Crippen molar-refractivity contribution in [1.29, 1.82) is 0 Å². The van der Waals surface area contributed by atoms with Crippen LogP contribution in [-0.4, -0.2) is 17.5 Å². The summed E-state index contributed by atoms with van der Waals surface area (Å²) in [5.74, 6) is 0.469. The van der Waals surface area contributed by atoms with E-state index < -0.39 is 0 Å². The Kier molecular flexibility index (Phi) is 6.76. The van der Waals surface area contributed by atoms with Gasteiger partial charge in [0.15, 0.2) is 0 Å². The number of thiazole rings is 1. The van der Waals surface area contributed by atoms with E-state index >= 15 is 0 Å². The molecular formula is C24H20Cl2N2O2S. The van der Waals surface area contributed by atoms with Crippen molar-refractivity contribution in [3.05, 3.63) is 76.3 Å². The zero-order valence-corrected chi connectivity index (χ0v) is 19.2. The minimum Gasteiger partial charge on any atom is -0.494 e. The third kappa shape index (κ3) is 5.01. The first-order valence-corrected chi connectivity index (χ1v) is 11.5. The molecule has 4 nitrogen and oxygen atoms in total. The fraction of sp³-hybridized carbons (Fsp3) is 0.167. The quantitative estimate of drug-likeness (QED) is 0.281. The summed E-state index contributed by atoms with van der Waals surface area (Å²) in [7, 11) is 0. The number of aromatic nitrogens is 1. The fourth-order valence-electron chi connectivity index (χ4n) is 3.08. The average Bonchev–Trinajstić information content (AvgIpc) is 3.20. The molecule has 0 atom stereocenters. The number of rotatable bonds is 7. The van der Waals surface area contributed by atoms with Crippen LogP contribution >= 0.6 is 34.5 Å². The average molecular weight is 471 g/mol. The van der Waals surface area contributed by atoms with Crippen LogP contribution in [0.4, 0.5) is 5.69 Å². The van der Waals surface area contributed by atoms with E-state index in [0.29, 0.717) is 33.5 Å². The van der Waals surface area contributed by atoms with E-state index in [4.69, 9.17) is 27.9 Å². The number of hydrogen-bond acceptors (Lipinski definition) is 4. The standard InChI is InChI=1S/C24H20Cl2N2O2S/c1-2-3-12-30-17-10-8-15(9-11-17)23(29)28-22-18(13-16(25)14-19(22)26)24-27-20-6-4-5-7-21(20)31-24/h4-11,13-14H,2-3,12H2,1H3,(H,28,29). The van der Waals surface area contributed by atoms with Gasteiger partial charge in [0.2, 0.25) is 0 Å². The van der Waals surface area contributed by atoms with Crippen LogP contribution in [0.5, 0.6) is 5.75 Å². The normalized spacial score (nSPS) is 10.9. The zero-order chi connectivity index (χ0) is 21.8. The maximum absolute atomic E-state index is 12.9. The molecule has 4 aromatic rings. The lowest BCUT2D eigenvalue weighted by Crippen LogP contribution is -2.13. The van der Waals surface area contributed by atoms with E-state index in [1.165, 1.54) is 11.3 Å². The van der Waals surface area contributed by atoms with Crippen molar-refractivity contribution in [2.45, 2.75) is 19.8 Å². The third-order valence-electron chi connectivity index (χ3n) is 4.70. The highest BCUT2D eigenvalue weighted by Gasteiger charge is 2.18. The van der Waals surface area contributed by atoms with E-state index in [-0.39, 0.29) is 5.91 Å². The monoisotopic (exact) mass is 470 g/mol. The Morgan fingerprint density at radius 1 is 1.10 bits per heavy atom. The molecule has 3 aromatic carbocycles. The molecule has 1 heterocycles. The summed E-state index contributed by atoms with van der Waals surface area (Å²) in [5.41, 5.74) is 2.56. The van der Waals surface area contributed by atoms with Crippen molar-refractivity contribution in [3.63, 3.8) is 0 Å². The van der Waals surface area contributed by atoms with Crippen molar-refractivity contribution < 1.29 is 9.53 Å². The molecule has 0 radical (unpaired) electrons. The molecule has 1 amide bonds. The zero-order valence-electron chi connectivity index (χ0n) is 16.8. The summed E-state index contributed by atoms with van der Waals surface area (Å²) in [5, 5.41) is 4.50. The summed E-state index contributed by atoms with van der Waals surface area (Å²) < 4.78 is 6.71. The highest BCUT2D eigenvalue weighted by Crippen LogP contribution is 2.40. The first-order chi connectivity index (χ1) is 15.0. The van der Waals surface area contributed by atoms with E-state index in [9.17, 15) is 4.79 Å². The van der Waals surface area contributed by atoms with Gasteiger partial charge in [-0.3, -0.25) is 4.79 Å². The number of fused-ring (bicyclic) bond motifs is 1. The number of unbranched alkanes of at least 4 members (excludes halogenated alkanes) is 1. The molecule has 4 rings (SSSR count). The molecule has 0 saturated heterocycles. The minimum absolute atomic E-state index is 0.272. The Labute approximate surface area is 194 Å². The summed E-state index contributed by atoms with van der Waals surface area (Å²) in [6, 6.07) is 18.3. The molecule has 0 unspecified atom stereocenters. The van der Waals surface area contributed by atoms with E-state index in [1.54, 1.807) is 36.4 Å². The molecule has 0 fully saturated rings. The molecule has 0 bridgehead atoms. The summed E-state index contributed by atoms with van der Waals surface area (Å²) >= 11 is 14.2. The molecule has 158 valence electrons. The Morgan fingerprint density at radius 3 is 2.61 bits per heavy atom. The van der Waals surface area contributed by atoms with Gasteiger partial charge in [-0.2, -0.15) is 0 Å². The van der Waals surface area contributed by atoms with Gasteiger partial charge < -0.3 is 10.1 Å². The first kappa shape index (κ1) is 21.6. The maximum atomic E-state index is 12.9. The summed E-state index contributed by atoms with van der Waals surface area (Å²) in [6.07, 6.45) is 2.06. The van der Waals surface area contributed by atoms with E-state index in [2.05, 4.69) is 17.2 Å². The van der Waals surface area contributed by atoms with Crippen LogP contribution in [0.2, 0.25) is 10.0 Å². The van der Waals surface area contributed by atoms with Gasteiger partial charge >= 0.3 is 0 Å². The predicted octanol–water partition coefficient (Wildman–Crippen LogP) is 7.70. The van der Waals surface area contributed by atoms with E-state index in [0.717, 1.165) is 33.8 Å². The van der Waals surface area contributed by atoms with Gasteiger partial charge in [-0.15, -0.1) is 11.3 Å². The van der Waals surface area contributed by atoms with Crippen LogP contribution in [0.3, 0.4) is 0 Å². The first-order valence-electron chi connectivity index (χ1n) is 9.94. The number of amides is 1. The SMILES string of the molecule is CCCCOc1ccc(C(=O)Nc2c(Cl)cc(Cl)cc2-c2nc3ccccc3s2)cc1. The molecular weight excluding hydrogens is 451 g/mol. The van der Waals surface area contributed by atoms with E-state index in [1.807, 2.05) is 24.3 Å². The van der Waals surface area contributed by atoms with Crippen molar-refractivity contribution in [3.8, 4) is 16.3 Å². The molecule has 7 heteroatoms. The lowest BCUT2D eigenvalue weighted by molar-refractivity contribution is 0.102. The number of halogens is 2. The highest BCUT2D eigenvalue weighted by atomic mass is 35.5. The van der Waals surface area contributed by atoms with Crippen molar-refractivity contribution in [2.24, 2.45) is 0 Å². The number of hydrogen-bond donors (Lipinski definition) is 1. The number of benzene rings is 3. The third-order valence-corrected chi connectivity index (χ3v) is 6.29.